The van der Waals surface area contributed by atoms with Gasteiger partial charge in [0.2, 0.25) is 0 Å². The number of anilines is 1. The topological polar surface area (TPSA) is 73.8 Å². The van der Waals surface area contributed by atoms with Gasteiger partial charge in [0.15, 0.2) is 5.13 Å². The zero-order chi connectivity index (χ0) is 25.9. The molecule has 1 saturated carbocycles. The van der Waals surface area contributed by atoms with Crippen LogP contribution in [0, 0.1) is 0 Å². The van der Waals surface area contributed by atoms with E-state index >= 15 is 0 Å². The minimum absolute atomic E-state index is 0. The minimum atomic E-state index is -0.302. The molecule has 2 N–H and O–H groups in total. The summed E-state index contributed by atoms with van der Waals surface area (Å²) in [5.41, 5.74) is 4.23. The molecule has 0 unspecified atom stereocenters. The van der Waals surface area contributed by atoms with Gasteiger partial charge in [0.25, 0.3) is 0 Å². The van der Waals surface area contributed by atoms with Crippen LogP contribution in [0.5, 0.6) is 11.5 Å². The fourth-order valence-electron chi connectivity index (χ4n) is 5.28. The number of thiazole rings is 1. The molecule has 0 amide bonds. The van der Waals surface area contributed by atoms with E-state index in [0.717, 1.165) is 96.5 Å². The van der Waals surface area contributed by atoms with Crippen molar-refractivity contribution < 1.29 is 9.84 Å². The number of nitrogens with one attached hydrogen (secondary N) is 1. The van der Waals surface area contributed by atoms with Crippen LogP contribution >= 0.6 is 11.3 Å². The highest BCUT2D eigenvalue weighted by molar-refractivity contribution is 7.22. The molecular formula is C31H39N5O2S. The van der Waals surface area contributed by atoms with E-state index in [1.54, 1.807) is 17.5 Å². The van der Waals surface area contributed by atoms with E-state index in [1.165, 1.54) is 5.56 Å². The molecule has 6 rings (SSSR count). The average Bonchev–Trinajstić information content (AvgIpc) is 3.33. The Morgan fingerprint density at radius 1 is 0.974 bits per heavy atom. The predicted octanol–water partition coefficient (Wildman–Crippen LogP) is 6.25. The lowest BCUT2D eigenvalue weighted by molar-refractivity contribution is 0.116. The molecule has 1 saturated heterocycles. The number of benzene rings is 2. The Hall–Kier alpha value is -3.04. The first-order chi connectivity index (χ1) is 18.6. The van der Waals surface area contributed by atoms with Crippen molar-refractivity contribution in [3.05, 3.63) is 66.4 Å². The van der Waals surface area contributed by atoms with Crippen LogP contribution < -0.4 is 10.1 Å². The van der Waals surface area contributed by atoms with Crippen LogP contribution in [0.15, 0.2) is 60.8 Å². The van der Waals surface area contributed by atoms with E-state index in [2.05, 4.69) is 51.4 Å². The third-order valence-electron chi connectivity index (χ3n) is 7.62. The van der Waals surface area contributed by atoms with Crippen LogP contribution in [0.3, 0.4) is 0 Å². The maximum Gasteiger partial charge on any atom is 0.184 e. The highest BCUT2D eigenvalue weighted by Crippen LogP contribution is 2.33. The number of ether oxygens (including phenoxy) is 1. The lowest BCUT2D eigenvalue weighted by Gasteiger charge is -2.32. The molecule has 2 aromatic carbocycles. The van der Waals surface area contributed by atoms with E-state index in [1.807, 2.05) is 30.3 Å². The van der Waals surface area contributed by atoms with Gasteiger partial charge < -0.3 is 20.1 Å². The zero-order valence-electron chi connectivity index (χ0n) is 21.8. The van der Waals surface area contributed by atoms with Crippen molar-refractivity contribution in [3.8, 4) is 22.8 Å². The first-order valence-corrected chi connectivity index (χ1v) is 14.4. The van der Waals surface area contributed by atoms with Crippen molar-refractivity contribution in [1.29, 1.82) is 0 Å². The molecule has 2 atom stereocenters. The van der Waals surface area contributed by atoms with Crippen molar-refractivity contribution >= 4 is 26.7 Å². The summed E-state index contributed by atoms with van der Waals surface area (Å²) >= 11 is 1.60. The average molecular weight is 546 g/mol. The predicted molar refractivity (Wildman–Crippen MR) is 161 cm³/mol. The van der Waals surface area contributed by atoms with Crippen molar-refractivity contribution in [2.24, 2.45) is 0 Å². The maximum absolute atomic E-state index is 10.3. The Morgan fingerprint density at radius 3 is 2.54 bits per heavy atom. The van der Waals surface area contributed by atoms with Crippen LogP contribution in [-0.4, -0.2) is 70.2 Å². The van der Waals surface area contributed by atoms with Gasteiger partial charge in [-0.2, -0.15) is 0 Å². The van der Waals surface area contributed by atoms with Crippen LogP contribution in [-0.2, 0) is 6.54 Å². The summed E-state index contributed by atoms with van der Waals surface area (Å²) in [4.78, 5) is 14.2. The van der Waals surface area contributed by atoms with Gasteiger partial charge in [0, 0.05) is 56.6 Å². The fourth-order valence-corrected chi connectivity index (χ4v) is 6.24. The summed E-state index contributed by atoms with van der Waals surface area (Å²) in [6.45, 7) is 5.49. The maximum atomic E-state index is 10.3. The van der Waals surface area contributed by atoms with E-state index in [-0.39, 0.29) is 19.6 Å². The van der Waals surface area contributed by atoms with Crippen molar-refractivity contribution in [2.45, 2.75) is 51.8 Å². The number of hydrogen-bond acceptors (Lipinski definition) is 8. The molecule has 4 aromatic rings. The quantitative estimate of drug-likeness (QED) is 0.284. The summed E-state index contributed by atoms with van der Waals surface area (Å²) in [5, 5.41) is 14.6. The first-order valence-electron chi connectivity index (χ1n) is 13.6. The number of piperazine rings is 1. The van der Waals surface area contributed by atoms with Gasteiger partial charge in [0.1, 0.15) is 11.5 Å². The SMILES string of the molecule is C.CN1CCN(Cc2ccc(-c3cc(Oc4ccc5nc(N[C@@H]6CCCC[C@H]6O)sc5c4)ccn3)cc2)CC1. The van der Waals surface area contributed by atoms with E-state index in [0.29, 0.717) is 0 Å². The standard InChI is InChI=1S/C30H35N5O2S.CH4/c1-34-14-16-35(17-15-34)20-21-6-8-22(9-7-21)27-18-24(12-13-31-27)37-23-10-11-26-29(19-23)38-30(33-26)32-25-4-2-3-5-28(25)36;/h6-13,18-19,25,28,36H,2-5,14-17,20H2,1H3,(H,32,33);1H4/t25-,28-;/m1./s1. The van der Waals surface area contributed by atoms with E-state index in [4.69, 9.17) is 9.72 Å². The molecular weight excluding hydrogens is 506 g/mol. The molecule has 1 aliphatic heterocycles. The number of aliphatic hydroxyl groups excluding tert-OH is 1. The zero-order valence-corrected chi connectivity index (χ0v) is 22.7. The minimum Gasteiger partial charge on any atom is -0.457 e. The monoisotopic (exact) mass is 545 g/mol. The fraction of sp³-hybridized carbons (Fsp3) is 0.419. The molecule has 2 aliphatic rings. The summed E-state index contributed by atoms with van der Waals surface area (Å²) in [7, 11) is 2.19. The molecule has 7 nitrogen and oxygen atoms in total. The Bertz CT molecular complexity index is 1370. The van der Waals surface area contributed by atoms with Gasteiger partial charge in [-0.15, -0.1) is 0 Å². The number of nitrogens with zero attached hydrogens (tertiary/aromatic N) is 4. The summed E-state index contributed by atoms with van der Waals surface area (Å²) in [6, 6.07) is 18.6. The molecule has 2 aromatic heterocycles. The van der Waals surface area contributed by atoms with E-state index in [9.17, 15) is 5.11 Å². The van der Waals surface area contributed by atoms with Gasteiger partial charge >= 0.3 is 0 Å². The Kier molecular flexibility index (Phi) is 8.77. The number of aromatic nitrogens is 2. The van der Waals surface area contributed by atoms with Crippen LogP contribution in [0.1, 0.15) is 38.7 Å². The second-order valence-electron chi connectivity index (χ2n) is 10.5. The first kappa shape index (κ1) is 27.5. The summed E-state index contributed by atoms with van der Waals surface area (Å²) < 4.78 is 7.28. The smallest absolute Gasteiger partial charge is 0.184 e. The van der Waals surface area contributed by atoms with Gasteiger partial charge in [0.05, 0.1) is 28.1 Å². The van der Waals surface area contributed by atoms with Crippen molar-refractivity contribution in [1.82, 2.24) is 19.8 Å². The number of fused-ring (bicyclic) bond motifs is 1. The van der Waals surface area contributed by atoms with Crippen LogP contribution in [0.4, 0.5) is 5.13 Å². The normalized spacial score (nSPS) is 20.5. The molecule has 2 fully saturated rings. The Balaban J connectivity index is 0.00000308. The van der Waals surface area contributed by atoms with E-state index < -0.39 is 0 Å². The Labute approximate surface area is 235 Å². The molecule has 3 heterocycles. The van der Waals surface area contributed by atoms with Gasteiger partial charge in [-0.25, -0.2) is 4.98 Å². The van der Waals surface area contributed by atoms with Crippen LogP contribution in [0.2, 0.25) is 0 Å². The number of aliphatic hydroxyl groups is 1. The number of hydrogen-bond donors (Lipinski definition) is 2. The Morgan fingerprint density at radius 2 is 1.74 bits per heavy atom. The van der Waals surface area contributed by atoms with Gasteiger partial charge in [-0.1, -0.05) is 55.9 Å². The number of rotatable bonds is 7. The second-order valence-corrected chi connectivity index (χ2v) is 11.5. The molecule has 1 aliphatic carbocycles. The number of pyridine rings is 1. The summed E-state index contributed by atoms with van der Waals surface area (Å²) in [5.74, 6) is 1.52. The van der Waals surface area contributed by atoms with Gasteiger partial charge in [-0.3, -0.25) is 9.88 Å². The third-order valence-corrected chi connectivity index (χ3v) is 8.57. The largest absolute Gasteiger partial charge is 0.457 e. The second kappa shape index (κ2) is 12.4. The highest BCUT2D eigenvalue weighted by atomic mass is 32.1. The van der Waals surface area contributed by atoms with Crippen molar-refractivity contribution in [2.75, 3.05) is 38.5 Å². The lowest BCUT2D eigenvalue weighted by atomic mass is 9.93. The third kappa shape index (κ3) is 6.76. The molecule has 0 bridgehead atoms. The molecule has 8 heteroatoms. The lowest BCUT2D eigenvalue weighted by Crippen LogP contribution is -2.43. The molecule has 0 spiro atoms. The number of likely N-dealkylation sites (N-methyl/N-ethyl adjacent to an activating group) is 1. The van der Waals surface area contributed by atoms with Crippen molar-refractivity contribution in [3.63, 3.8) is 0 Å². The molecule has 0 radical (unpaired) electrons. The van der Waals surface area contributed by atoms with Crippen LogP contribution in [0.25, 0.3) is 21.5 Å². The molecule has 39 heavy (non-hydrogen) atoms. The highest BCUT2D eigenvalue weighted by Gasteiger charge is 2.23. The summed E-state index contributed by atoms with van der Waals surface area (Å²) in [6.07, 6.45) is 5.57. The molecule has 206 valence electrons. The van der Waals surface area contributed by atoms with Gasteiger partial charge in [-0.05, 0) is 43.7 Å².